The molecule has 23 heavy (non-hydrogen) atoms. The van der Waals surface area contributed by atoms with Crippen LogP contribution >= 0.6 is 0 Å². The van der Waals surface area contributed by atoms with Crippen molar-refractivity contribution in [3.05, 3.63) is 47.9 Å². The Kier molecular flexibility index (Phi) is 3.43. The third-order valence-electron chi connectivity index (χ3n) is 3.96. The van der Waals surface area contributed by atoms with E-state index in [1.165, 1.54) is 5.56 Å². The summed E-state index contributed by atoms with van der Waals surface area (Å²) in [5.74, 6) is -1.02. The average Bonchev–Trinajstić information content (AvgIpc) is 2.87. The van der Waals surface area contributed by atoms with Crippen LogP contribution in [0.4, 0.5) is 0 Å². The molecule has 3 rings (SSSR count). The second-order valence-corrected chi connectivity index (χ2v) is 6.72. The van der Waals surface area contributed by atoms with Gasteiger partial charge in [-0.15, -0.1) is 0 Å². The highest BCUT2D eigenvalue weighted by Crippen LogP contribution is 2.31. The Morgan fingerprint density at radius 1 is 1.17 bits per heavy atom. The maximum absolute atomic E-state index is 11.1. The number of hydrogen-bond donors (Lipinski definition) is 1. The number of benzene rings is 1. The highest BCUT2D eigenvalue weighted by molar-refractivity contribution is 5.91. The van der Waals surface area contributed by atoms with Crippen molar-refractivity contribution in [2.45, 2.75) is 26.2 Å². The van der Waals surface area contributed by atoms with Crippen LogP contribution in [0, 0.1) is 0 Å². The molecule has 0 radical (unpaired) electrons. The zero-order chi connectivity index (χ0) is 16.8. The van der Waals surface area contributed by atoms with E-state index in [0.717, 1.165) is 22.0 Å². The summed E-state index contributed by atoms with van der Waals surface area (Å²) in [5.41, 5.74) is 2.94. The van der Waals surface area contributed by atoms with Crippen LogP contribution in [0.1, 0.15) is 36.8 Å². The molecule has 0 saturated heterocycles. The lowest BCUT2D eigenvalue weighted by Gasteiger charge is -2.20. The van der Waals surface area contributed by atoms with Crippen LogP contribution in [0.5, 0.6) is 0 Å². The lowest BCUT2D eigenvalue weighted by Crippen LogP contribution is -2.12. The SMILES string of the molecule is Cn1nc(C(=O)O)cc1-c1ccc2c(C(C)(C)C)cncc2c1. The molecule has 0 fully saturated rings. The minimum atomic E-state index is -1.02. The van der Waals surface area contributed by atoms with Crippen molar-refractivity contribution in [3.63, 3.8) is 0 Å². The van der Waals surface area contributed by atoms with E-state index < -0.39 is 5.97 Å². The predicted molar refractivity (Wildman–Crippen MR) is 89.6 cm³/mol. The lowest BCUT2D eigenvalue weighted by molar-refractivity contribution is 0.0689. The summed E-state index contributed by atoms with van der Waals surface area (Å²) in [5, 5.41) is 15.3. The first-order valence-corrected chi connectivity index (χ1v) is 7.43. The normalized spacial score (nSPS) is 11.8. The number of aryl methyl sites for hydroxylation is 1. The molecule has 0 aliphatic carbocycles. The van der Waals surface area contributed by atoms with E-state index >= 15 is 0 Å². The van der Waals surface area contributed by atoms with Gasteiger partial charge < -0.3 is 5.11 Å². The van der Waals surface area contributed by atoms with Crippen LogP contribution in [0.15, 0.2) is 36.7 Å². The fourth-order valence-electron chi connectivity index (χ4n) is 2.78. The second kappa shape index (κ2) is 5.19. The van der Waals surface area contributed by atoms with Gasteiger partial charge in [0.2, 0.25) is 0 Å². The van der Waals surface area contributed by atoms with Crippen molar-refractivity contribution in [3.8, 4) is 11.3 Å². The largest absolute Gasteiger partial charge is 0.476 e. The maximum atomic E-state index is 11.1. The number of aromatic carboxylic acids is 1. The van der Waals surface area contributed by atoms with E-state index in [4.69, 9.17) is 5.11 Å². The van der Waals surface area contributed by atoms with Crippen LogP contribution in [0.25, 0.3) is 22.0 Å². The first-order chi connectivity index (χ1) is 10.8. The van der Waals surface area contributed by atoms with Gasteiger partial charge >= 0.3 is 5.97 Å². The van der Waals surface area contributed by atoms with Crippen LogP contribution in [0.2, 0.25) is 0 Å². The molecule has 0 aliphatic rings. The fourth-order valence-corrected chi connectivity index (χ4v) is 2.78. The summed E-state index contributed by atoms with van der Waals surface area (Å²) >= 11 is 0. The van der Waals surface area contributed by atoms with Gasteiger partial charge in [0.05, 0.1) is 5.69 Å². The molecule has 0 aliphatic heterocycles. The predicted octanol–water partition coefficient (Wildman–Crippen LogP) is 3.63. The third-order valence-corrected chi connectivity index (χ3v) is 3.96. The van der Waals surface area contributed by atoms with Crippen LogP contribution in [-0.2, 0) is 12.5 Å². The van der Waals surface area contributed by atoms with Gasteiger partial charge in [-0.1, -0.05) is 32.9 Å². The molecular weight excluding hydrogens is 290 g/mol. The molecule has 0 unspecified atom stereocenters. The van der Waals surface area contributed by atoms with Crippen molar-refractivity contribution in [2.24, 2.45) is 7.05 Å². The molecule has 5 heteroatoms. The number of nitrogens with zero attached hydrogens (tertiary/aromatic N) is 3. The number of fused-ring (bicyclic) bond motifs is 1. The molecule has 1 aromatic carbocycles. The third kappa shape index (κ3) is 2.70. The van der Waals surface area contributed by atoms with E-state index in [2.05, 4.69) is 36.9 Å². The number of hydrogen-bond acceptors (Lipinski definition) is 3. The van der Waals surface area contributed by atoms with Gasteiger partial charge in [-0.3, -0.25) is 9.67 Å². The Morgan fingerprint density at radius 3 is 2.52 bits per heavy atom. The van der Waals surface area contributed by atoms with Crippen molar-refractivity contribution in [1.82, 2.24) is 14.8 Å². The molecule has 2 aromatic heterocycles. The van der Waals surface area contributed by atoms with E-state index in [0.29, 0.717) is 0 Å². The van der Waals surface area contributed by atoms with E-state index in [1.54, 1.807) is 17.8 Å². The molecule has 1 N–H and O–H groups in total. The summed E-state index contributed by atoms with van der Waals surface area (Å²) in [6.45, 7) is 6.49. The monoisotopic (exact) mass is 309 g/mol. The Hall–Kier alpha value is -2.69. The number of carbonyl (C=O) groups is 1. The molecule has 0 saturated carbocycles. The van der Waals surface area contributed by atoms with Crippen LogP contribution in [-0.4, -0.2) is 25.8 Å². The maximum Gasteiger partial charge on any atom is 0.356 e. The minimum absolute atomic E-state index is 0.0109. The first-order valence-electron chi connectivity index (χ1n) is 7.43. The van der Waals surface area contributed by atoms with Gasteiger partial charge in [0, 0.05) is 30.4 Å². The zero-order valence-corrected chi connectivity index (χ0v) is 13.7. The number of pyridine rings is 1. The highest BCUT2D eigenvalue weighted by Gasteiger charge is 2.18. The quantitative estimate of drug-likeness (QED) is 0.785. The van der Waals surface area contributed by atoms with Crippen molar-refractivity contribution >= 4 is 16.7 Å². The van der Waals surface area contributed by atoms with E-state index in [1.807, 2.05) is 24.5 Å². The lowest BCUT2D eigenvalue weighted by atomic mass is 9.85. The average molecular weight is 309 g/mol. The molecule has 2 heterocycles. The van der Waals surface area contributed by atoms with Crippen molar-refractivity contribution < 1.29 is 9.90 Å². The molecule has 118 valence electrons. The molecule has 0 bridgehead atoms. The first kappa shape index (κ1) is 15.2. The summed E-state index contributed by atoms with van der Waals surface area (Å²) in [4.78, 5) is 15.4. The molecule has 0 amide bonds. The van der Waals surface area contributed by atoms with Crippen LogP contribution in [0.3, 0.4) is 0 Å². The van der Waals surface area contributed by atoms with Crippen molar-refractivity contribution in [1.29, 1.82) is 0 Å². The van der Waals surface area contributed by atoms with Gasteiger partial charge in [-0.2, -0.15) is 5.10 Å². The number of carboxylic acid groups (broad SMARTS) is 1. The molecule has 5 nitrogen and oxygen atoms in total. The van der Waals surface area contributed by atoms with Gasteiger partial charge in [-0.25, -0.2) is 4.79 Å². The van der Waals surface area contributed by atoms with Crippen molar-refractivity contribution in [2.75, 3.05) is 0 Å². The zero-order valence-electron chi connectivity index (χ0n) is 13.7. The van der Waals surface area contributed by atoms with Gasteiger partial charge in [-0.05, 0) is 28.5 Å². The summed E-state index contributed by atoms with van der Waals surface area (Å²) in [6, 6.07) is 7.69. The molecule has 3 aromatic rings. The Labute approximate surface area is 134 Å². The van der Waals surface area contributed by atoms with E-state index in [-0.39, 0.29) is 11.1 Å². The molecular formula is C18H19N3O2. The topological polar surface area (TPSA) is 68.0 Å². The molecule has 0 atom stereocenters. The Morgan fingerprint density at radius 2 is 1.91 bits per heavy atom. The summed E-state index contributed by atoms with van der Waals surface area (Å²) in [7, 11) is 1.75. The summed E-state index contributed by atoms with van der Waals surface area (Å²) in [6.07, 6.45) is 3.75. The fraction of sp³-hybridized carbons (Fsp3) is 0.278. The number of carboxylic acids is 1. The van der Waals surface area contributed by atoms with Crippen LogP contribution < -0.4 is 0 Å². The minimum Gasteiger partial charge on any atom is -0.476 e. The van der Waals surface area contributed by atoms with Gasteiger partial charge in [0.1, 0.15) is 0 Å². The highest BCUT2D eigenvalue weighted by atomic mass is 16.4. The second-order valence-electron chi connectivity index (χ2n) is 6.72. The standard InChI is InChI=1S/C18H19N3O2/c1-18(2,3)14-10-19-9-12-7-11(5-6-13(12)14)16-8-15(17(22)23)20-21(16)4/h5-10H,1-4H3,(H,22,23). The molecule has 0 spiro atoms. The Bertz CT molecular complexity index is 904. The van der Waals surface area contributed by atoms with Gasteiger partial charge in [0.25, 0.3) is 0 Å². The number of aromatic nitrogens is 3. The van der Waals surface area contributed by atoms with Gasteiger partial charge in [0.15, 0.2) is 5.69 Å². The summed E-state index contributed by atoms with van der Waals surface area (Å²) < 4.78 is 1.59. The Balaban J connectivity index is 2.17. The number of rotatable bonds is 2. The smallest absolute Gasteiger partial charge is 0.356 e. The van der Waals surface area contributed by atoms with E-state index in [9.17, 15) is 4.79 Å².